The SMILES string of the molecule is CC(C)NS(=O)(=O)c1cccc(CNC(=O)c2c3c(nc4ccccc24)CCC3)c1. The largest absolute Gasteiger partial charge is 0.348 e. The van der Waals surface area contributed by atoms with Gasteiger partial charge in [0.2, 0.25) is 10.0 Å². The number of aryl methyl sites for hydroxylation is 1. The van der Waals surface area contributed by atoms with E-state index in [0.717, 1.165) is 47.0 Å². The number of fused-ring (bicyclic) bond motifs is 2. The van der Waals surface area contributed by atoms with Crippen molar-refractivity contribution in [1.29, 1.82) is 0 Å². The molecule has 1 heterocycles. The first-order valence-corrected chi connectivity index (χ1v) is 11.6. The lowest BCUT2D eigenvalue weighted by Gasteiger charge is -2.14. The van der Waals surface area contributed by atoms with Gasteiger partial charge in [0, 0.05) is 23.7 Å². The fourth-order valence-electron chi connectivity index (χ4n) is 3.94. The minimum absolute atomic E-state index is 0.152. The van der Waals surface area contributed by atoms with Crippen molar-refractivity contribution in [1.82, 2.24) is 15.0 Å². The quantitative estimate of drug-likeness (QED) is 0.636. The molecular formula is C23H25N3O3S. The van der Waals surface area contributed by atoms with Crippen LogP contribution in [0, 0.1) is 0 Å². The van der Waals surface area contributed by atoms with Crippen molar-refractivity contribution < 1.29 is 13.2 Å². The van der Waals surface area contributed by atoms with Crippen LogP contribution in [0.2, 0.25) is 0 Å². The highest BCUT2D eigenvalue weighted by Crippen LogP contribution is 2.30. The standard InChI is InChI=1S/C23H25N3O3S/c1-15(2)26-30(28,29)17-8-5-7-16(13-17)14-24-23(27)22-18-9-3-4-11-20(18)25-21-12-6-10-19(21)22/h3-5,7-9,11,13,15,26H,6,10,12,14H2,1-2H3,(H,24,27). The van der Waals surface area contributed by atoms with Crippen molar-refractivity contribution in [3.8, 4) is 0 Å². The summed E-state index contributed by atoms with van der Waals surface area (Å²) in [5.41, 5.74) is 4.29. The lowest BCUT2D eigenvalue weighted by Crippen LogP contribution is -2.30. The van der Waals surface area contributed by atoms with Crippen LogP contribution in [0.5, 0.6) is 0 Å². The Hall–Kier alpha value is -2.77. The average molecular weight is 424 g/mol. The summed E-state index contributed by atoms with van der Waals surface area (Å²) >= 11 is 0. The van der Waals surface area contributed by atoms with Crippen molar-refractivity contribution in [3.05, 3.63) is 70.9 Å². The maximum Gasteiger partial charge on any atom is 0.252 e. The molecule has 1 aliphatic rings. The molecule has 0 bridgehead atoms. The second-order valence-corrected chi connectivity index (χ2v) is 9.60. The minimum Gasteiger partial charge on any atom is -0.348 e. The molecule has 6 nitrogen and oxygen atoms in total. The van der Waals surface area contributed by atoms with E-state index in [1.54, 1.807) is 32.0 Å². The molecule has 1 aromatic heterocycles. The molecule has 1 aliphatic carbocycles. The van der Waals surface area contributed by atoms with Gasteiger partial charge in [0.05, 0.1) is 16.0 Å². The summed E-state index contributed by atoms with van der Waals surface area (Å²) in [6.45, 7) is 3.80. The molecular weight excluding hydrogens is 398 g/mol. The van der Waals surface area contributed by atoms with E-state index >= 15 is 0 Å². The molecule has 2 aromatic carbocycles. The molecule has 30 heavy (non-hydrogen) atoms. The zero-order chi connectivity index (χ0) is 21.3. The van der Waals surface area contributed by atoms with Crippen molar-refractivity contribution in [3.63, 3.8) is 0 Å². The number of carbonyl (C=O) groups is 1. The summed E-state index contributed by atoms with van der Waals surface area (Å²) in [6.07, 6.45) is 2.75. The Morgan fingerprint density at radius 1 is 1.10 bits per heavy atom. The Morgan fingerprint density at radius 3 is 2.70 bits per heavy atom. The second-order valence-electron chi connectivity index (χ2n) is 7.89. The minimum atomic E-state index is -3.58. The number of nitrogens with zero attached hydrogens (tertiary/aromatic N) is 1. The van der Waals surface area contributed by atoms with Gasteiger partial charge in [-0.1, -0.05) is 30.3 Å². The van der Waals surface area contributed by atoms with Gasteiger partial charge in [-0.05, 0) is 62.4 Å². The first kappa shape index (κ1) is 20.5. The van der Waals surface area contributed by atoms with Crippen LogP contribution in [0.3, 0.4) is 0 Å². The fourth-order valence-corrected chi connectivity index (χ4v) is 5.26. The summed E-state index contributed by atoms with van der Waals surface area (Å²) in [7, 11) is -3.58. The lowest BCUT2D eigenvalue weighted by molar-refractivity contribution is 0.0951. The summed E-state index contributed by atoms with van der Waals surface area (Å²) in [5.74, 6) is -0.152. The number of amides is 1. The zero-order valence-corrected chi connectivity index (χ0v) is 17.9. The van der Waals surface area contributed by atoms with Gasteiger partial charge in [0.25, 0.3) is 5.91 Å². The number of rotatable bonds is 6. The molecule has 4 rings (SSSR count). The van der Waals surface area contributed by atoms with Crippen LogP contribution >= 0.6 is 0 Å². The second kappa shape index (κ2) is 8.16. The molecule has 2 N–H and O–H groups in total. The molecule has 7 heteroatoms. The van der Waals surface area contributed by atoms with E-state index in [9.17, 15) is 13.2 Å². The van der Waals surface area contributed by atoms with Gasteiger partial charge < -0.3 is 5.32 Å². The Labute approximate surface area is 176 Å². The van der Waals surface area contributed by atoms with Crippen molar-refractivity contribution in [2.24, 2.45) is 0 Å². The number of hydrogen-bond donors (Lipinski definition) is 2. The van der Waals surface area contributed by atoms with Crippen LogP contribution in [0.25, 0.3) is 10.9 Å². The molecule has 0 saturated heterocycles. The number of sulfonamides is 1. The van der Waals surface area contributed by atoms with Gasteiger partial charge in [-0.2, -0.15) is 0 Å². The van der Waals surface area contributed by atoms with Crippen molar-refractivity contribution >= 4 is 26.8 Å². The first-order valence-electron chi connectivity index (χ1n) is 10.1. The van der Waals surface area contributed by atoms with Gasteiger partial charge >= 0.3 is 0 Å². The molecule has 0 unspecified atom stereocenters. The molecule has 3 aromatic rings. The molecule has 0 saturated carbocycles. The van der Waals surface area contributed by atoms with Crippen LogP contribution in [-0.4, -0.2) is 25.4 Å². The third-order valence-corrected chi connectivity index (χ3v) is 6.86. The highest BCUT2D eigenvalue weighted by Gasteiger charge is 2.23. The van der Waals surface area contributed by atoms with Crippen LogP contribution in [0.1, 0.15) is 47.4 Å². The normalized spacial score (nSPS) is 13.6. The third kappa shape index (κ3) is 4.08. The average Bonchev–Trinajstić information content (AvgIpc) is 3.17. The summed E-state index contributed by atoms with van der Waals surface area (Å²) < 4.78 is 27.4. The maximum atomic E-state index is 13.1. The Balaban J connectivity index is 1.59. The molecule has 0 atom stereocenters. The summed E-state index contributed by atoms with van der Waals surface area (Å²) in [5, 5.41) is 3.83. The number of nitrogens with one attached hydrogen (secondary N) is 2. The smallest absolute Gasteiger partial charge is 0.252 e. The van der Waals surface area contributed by atoms with Crippen molar-refractivity contribution in [2.45, 2.75) is 50.6 Å². The Morgan fingerprint density at radius 2 is 1.90 bits per heavy atom. The number of carbonyl (C=O) groups excluding carboxylic acids is 1. The fraction of sp³-hybridized carbons (Fsp3) is 0.304. The van der Waals surface area contributed by atoms with Gasteiger partial charge in [-0.25, -0.2) is 13.1 Å². The molecule has 0 aliphatic heterocycles. The van der Waals surface area contributed by atoms with E-state index in [4.69, 9.17) is 4.98 Å². The number of hydrogen-bond acceptors (Lipinski definition) is 4. The molecule has 156 valence electrons. The predicted molar refractivity (Wildman–Crippen MR) is 117 cm³/mol. The van der Waals surface area contributed by atoms with E-state index in [1.807, 2.05) is 30.3 Å². The maximum absolute atomic E-state index is 13.1. The van der Waals surface area contributed by atoms with Crippen molar-refractivity contribution in [2.75, 3.05) is 0 Å². The van der Waals surface area contributed by atoms with Gasteiger partial charge in [0.15, 0.2) is 0 Å². The Kier molecular flexibility index (Phi) is 5.58. The van der Waals surface area contributed by atoms with Crippen LogP contribution in [-0.2, 0) is 29.4 Å². The number of pyridine rings is 1. The number of aromatic nitrogens is 1. The van der Waals surface area contributed by atoms with E-state index in [-0.39, 0.29) is 23.4 Å². The molecule has 0 radical (unpaired) electrons. The van der Waals surface area contributed by atoms with Crippen LogP contribution in [0.15, 0.2) is 53.4 Å². The lowest BCUT2D eigenvalue weighted by atomic mass is 10.0. The van der Waals surface area contributed by atoms with E-state index < -0.39 is 10.0 Å². The molecule has 0 fully saturated rings. The number of para-hydroxylation sites is 1. The molecule has 1 amide bonds. The van der Waals surface area contributed by atoms with Gasteiger partial charge in [-0.3, -0.25) is 9.78 Å². The van der Waals surface area contributed by atoms with Gasteiger partial charge in [0.1, 0.15) is 0 Å². The highest BCUT2D eigenvalue weighted by molar-refractivity contribution is 7.89. The Bertz CT molecular complexity index is 1220. The molecule has 0 spiro atoms. The summed E-state index contributed by atoms with van der Waals surface area (Å²) in [4.78, 5) is 18.1. The zero-order valence-electron chi connectivity index (χ0n) is 17.1. The monoisotopic (exact) mass is 423 g/mol. The van der Waals surface area contributed by atoms with E-state index in [0.29, 0.717) is 5.56 Å². The predicted octanol–water partition coefficient (Wildman–Crippen LogP) is 3.34. The summed E-state index contributed by atoms with van der Waals surface area (Å²) in [6, 6.07) is 14.2. The first-order chi connectivity index (χ1) is 14.3. The van der Waals surface area contributed by atoms with Crippen LogP contribution < -0.4 is 10.0 Å². The highest BCUT2D eigenvalue weighted by atomic mass is 32.2. The topological polar surface area (TPSA) is 88.2 Å². The number of benzene rings is 2. The third-order valence-electron chi connectivity index (χ3n) is 5.20. The van der Waals surface area contributed by atoms with Crippen LogP contribution in [0.4, 0.5) is 0 Å². The van der Waals surface area contributed by atoms with E-state index in [1.165, 1.54) is 0 Å². The van der Waals surface area contributed by atoms with Gasteiger partial charge in [-0.15, -0.1) is 0 Å². The van der Waals surface area contributed by atoms with E-state index in [2.05, 4.69) is 10.0 Å².